The van der Waals surface area contributed by atoms with Gasteiger partial charge in [-0.25, -0.2) is 0 Å². The lowest BCUT2D eigenvalue weighted by atomic mass is 9.88. The Bertz CT molecular complexity index is 346. The van der Waals surface area contributed by atoms with Crippen molar-refractivity contribution in [2.45, 2.75) is 19.8 Å². The molecule has 88 valence electrons. The van der Waals surface area contributed by atoms with Gasteiger partial charge in [0.25, 0.3) is 0 Å². The number of hydrogen-bond donors (Lipinski definition) is 0. The van der Waals surface area contributed by atoms with Crippen molar-refractivity contribution in [3.63, 3.8) is 0 Å². The predicted molar refractivity (Wildman–Crippen MR) is 62.4 cm³/mol. The van der Waals surface area contributed by atoms with E-state index in [1.165, 1.54) is 0 Å². The average Bonchev–Trinajstić information content (AvgIpc) is 2.25. The Kier molecular flexibility index (Phi) is 4.28. The van der Waals surface area contributed by atoms with E-state index in [1.54, 1.807) is 7.11 Å². The summed E-state index contributed by atoms with van der Waals surface area (Å²) in [4.78, 5) is 10.3. The molecule has 0 radical (unpaired) electrons. The van der Waals surface area contributed by atoms with E-state index in [2.05, 4.69) is 0 Å². The third-order valence-corrected chi connectivity index (χ3v) is 2.69. The molecular formula is C12H17NO3. The molecule has 4 nitrogen and oxygen atoms in total. The minimum atomic E-state index is -0.255. The summed E-state index contributed by atoms with van der Waals surface area (Å²) < 4.78 is 5.06. The third kappa shape index (κ3) is 3.22. The molecule has 1 aromatic rings. The normalized spacial score (nSPS) is 12.5. The van der Waals surface area contributed by atoms with Gasteiger partial charge in [0.15, 0.2) is 0 Å². The highest BCUT2D eigenvalue weighted by Crippen LogP contribution is 2.26. The van der Waals surface area contributed by atoms with Crippen LogP contribution in [0.2, 0.25) is 0 Å². The standard InChI is InChI=1S/C12H17NO3/c1-9(2)12(8-13(14)15)10-4-6-11(16-3)7-5-10/h4-7,9,12H,8H2,1-3H3. The summed E-state index contributed by atoms with van der Waals surface area (Å²) in [6, 6.07) is 7.47. The van der Waals surface area contributed by atoms with E-state index in [0.717, 1.165) is 11.3 Å². The molecule has 0 saturated carbocycles. The highest BCUT2D eigenvalue weighted by atomic mass is 16.6. The fraction of sp³-hybridized carbons (Fsp3) is 0.500. The summed E-state index contributed by atoms with van der Waals surface area (Å²) in [5, 5.41) is 10.6. The lowest BCUT2D eigenvalue weighted by molar-refractivity contribution is -0.484. The molecule has 1 unspecified atom stereocenters. The van der Waals surface area contributed by atoms with Crippen molar-refractivity contribution >= 4 is 0 Å². The number of methoxy groups -OCH3 is 1. The maximum absolute atomic E-state index is 10.6. The molecule has 0 heterocycles. The van der Waals surface area contributed by atoms with Gasteiger partial charge in [0, 0.05) is 4.92 Å². The average molecular weight is 223 g/mol. The van der Waals surface area contributed by atoms with Crippen LogP contribution in [0.25, 0.3) is 0 Å². The van der Waals surface area contributed by atoms with Gasteiger partial charge in [-0.2, -0.15) is 0 Å². The van der Waals surface area contributed by atoms with Crippen molar-refractivity contribution in [3.8, 4) is 5.75 Å². The van der Waals surface area contributed by atoms with Crippen molar-refractivity contribution in [1.82, 2.24) is 0 Å². The maximum Gasteiger partial charge on any atom is 0.210 e. The van der Waals surface area contributed by atoms with E-state index in [1.807, 2.05) is 38.1 Å². The summed E-state index contributed by atoms with van der Waals surface area (Å²) in [6.07, 6.45) is 0. The lowest BCUT2D eigenvalue weighted by Crippen LogP contribution is -2.17. The molecule has 1 aromatic carbocycles. The molecule has 1 atom stereocenters. The molecule has 0 aliphatic heterocycles. The lowest BCUT2D eigenvalue weighted by Gasteiger charge is -2.17. The molecule has 0 saturated heterocycles. The number of nitro groups is 1. The fourth-order valence-electron chi connectivity index (χ4n) is 1.71. The van der Waals surface area contributed by atoms with Crippen LogP contribution in [0.1, 0.15) is 25.3 Å². The van der Waals surface area contributed by atoms with Crippen LogP contribution in [0.5, 0.6) is 5.75 Å². The molecule has 4 heteroatoms. The maximum atomic E-state index is 10.6. The second-order valence-corrected chi connectivity index (χ2v) is 4.14. The van der Waals surface area contributed by atoms with Crippen molar-refractivity contribution in [2.75, 3.05) is 13.7 Å². The molecular weight excluding hydrogens is 206 g/mol. The molecule has 1 rings (SSSR count). The fourth-order valence-corrected chi connectivity index (χ4v) is 1.71. The van der Waals surface area contributed by atoms with Crippen LogP contribution >= 0.6 is 0 Å². The Morgan fingerprint density at radius 1 is 1.31 bits per heavy atom. The first kappa shape index (κ1) is 12.5. The summed E-state index contributed by atoms with van der Waals surface area (Å²) in [6.45, 7) is 3.97. The Hall–Kier alpha value is -1.58. The zero-order chi connectivity index (χ0) is 12.1. The van der Waals surface area contributed by atoms with Crippen LogP contribution in [0.3, 0.4) is 0 Å². The van der Waals surface area contributed by atoms with Gasteiger partial charge in [-0.1, -0.05) is 26.0 Å². The Labute approximate surface area is 95.4 Å². The number of rotatable bonds is 5. The molecule has 16 heavy (non-hydrogen) atoms. The first-order chi connectivity index (χ1) is 7.54. The molecule has 0 aromatic heterocycles. The van der Waals surface area contributed by atoms with Gasteiger partial charge < -0.3 is 4.74 Å². The smallest absolute Gasteiger partial charge is 0.210 e. The van der Waals surface area contributed by atoms with Crippen molar-refractivity contribution < 1.29 is 9.66 Å². The highest BCUT2D eigenvalue weighted by Gasteiger charge is 2.21. The first-order valence-corrected chi connectivity index (χ1v) is 5.30. The van der Waals surface area contributed by atoms with Gasteiger partial charge in [-0.05, 0) is 23.6 Å². The first-order valence-electron chi connectivity index (χ1n) is 5.30. The van der Waals surface area contributed by atoms with E-state index in [9.17, 15) is 10.1 Å². The van der Waals surface area contributed by atoms with E-state index in [-0.39, 0.29) is 23.3 Å². The van der Waals surface area contributed by atoms with Crippen LogP contribution < -0.4 is 4.74 Å². The predicted octanol–water partition coefficient (Wildman–Crippen LogP) is 2.71. The zero-order valence-corrected chi connectivity index (χ0v) is 9.84. The van der Waals surface area contributed by atoms with Crippen LogP contribution in [-0.2, 0) is 0 Å². The van der Waals surface area contributed by atoms with Gasteiger partial charge in [0.05, 0.1) is 13.0 Å². The topological polar surface area (TPSA) is 52.4 Å². The molecule has 0 aliphatic rings. The second-order valence-electron chi connectivity index (χ2n) is 4.14. The molecule has 0 aliphatic carbocycles. The summed E-state index contributed by atoms with van der Waals surface area (Å²) in [5.41, 5.74) is 0.993. The minimum absolute atomic E-state index is 0.0238. The molecule has 0 amide bonds. The summed E-state index contributed by atoms with van der Waals surface area (Å²) >= 11 is 0. The van der Waals surface area contributed by atoms with E-state index < -0.39 is 0 Å². The SMILES string of the molecule is COc1ccc(C(C[N+](=O)[O-])C(C)C)cc1. The number of benzene rings is 1. The van der Waals surface area contributed by atoms with Crippen LogP contribution in [0.15, 0.2) is 24.3 Å². The number of hydrogen-bond acceptors (Lipinski definition) is 3. The summed E-state index contributed by atoms with van der Waals surface area (Å²) in [5.74, 6) is 0.979. The van der Waals surface area contributed by atoms with E-state index in [4.69, 9.17) is 4.74 Å². The molecule has 0 bridgehead atoms. The van der Waals surface area contributed by atoms with Gasteiger partial charge in [0.1, 0.15) is 5.75 Å². The summed E-state index contributed by atoms with van der Waals surface area (Å²) in [7, 11) is 1.60. The zero-order valence-electron chi connectivity index (χ0n) is 9.84. The Morgan fingerprint density at radius 3 is 2.25 bits per heavy atom. The van der Waals surface area contributed by atoms with Crippen LogP contribution in [0.4, 0.5) is 0 Å². The van der Waals surface area contributed by atoms with Gasteiger partial charge >= 0.3 is 0 Å². The van der Waals surface area contributed by atoms with E-state index in [0.29, 0.717) is 0 Å². The Morgan fingerprint density at radius 2 is 1.88 bits per heavy atom. The van der Waals surface area contributed by atoms with Crippen molar-refractivity contribution in [2.24, 2.45) is 5.92 Å². The van der Waals surface area contributed by atoms with Crippen LogP contribution in [-0.4, -0.2) is 18.6 Å². The quantitative estimate of drug-likeness (QED) is 0.569. The number of nitrogens with zero attached hydrogens (tertiary/aromatic N) is 1. The van der Waals surface area contributed by atoms with E-state index >= 15 is 0 Å². The molecule has 0 fully saturated rings. The largest absolute Gasteiger partial charge is 0.497 e. The highest BCUT2D eigenvalue weighted by molar-refractivity contribution is 5.29. The van der Waals surface area contributed by atoms with Crippen LogP contribution in [0, 0.1) is 16.0 Å². The van der Waals surface area contributed by atoms with Gasteiger partial charge in [0.2, 0.25) is 6.54 Å². The van der Waals surface area contributed by atoms with Gasteiger partial charge in [-0.15, -0.1) is 0 Å². The molecule has 0 N–H and O–H groups in total. The van der Waals surface area contributed by atoms with Crippen molar-refractivity contribution in [1.29, 1.82) is 0 Å². The Balaban J connectivity index is 2.88. The van der Waals surface area contributed by atoms with Crippen molar-refractivity contribution in [3.05, 3.63) is 39.9 Å². The second kappa shape index (κ2) is 5.49. The minimum Gasteiger partial charge on any atom is -0.497 e. The van der Waals surface area contributed by atoms with Gasteiger partial charge in [-0.3, -0.25) is 10.1 Å². The molecule has 0 spiro atoms. The number of ether oxygens (including phenoxy) is 1. The monoisotopic (exact) mass is 223 g/mol. The third-order valence-electron chi connectivity index (χ3n) is 2.69.